The van der Waals surface area contributed by atoms with Crippen LogP contribution in [0.3, 0.4) is 0 Å². The highest BCUT2D eigenvalue weighted by atomic mass is 32.2. The number of carbonyl (C=O) groups is 2. The van der Waals surface area contributed by atoms with E-state index < -0.39 is 28.5 Å². The van der Waals surface area contributed by atoms with E-state index in [1.165, 1.54) is 0 Å². The van der Waals surface area contributed by atoms with Gasteiger partial charge in [0.05, 0.1) is 4.75 Å². The van der Waals surface area contributed by atoms with Gasteiger partial charge in [-0.25, -0.2) is 9.59 Å². The van der Waals surface area contributed by atoms with Gasteiger partial charge in [0.1, 0.15) is 17.4 Å². The molecular weight excluding hydrogens is 344 g/mol. The maximum atomic E-state index is 12.6. The fourth-order valence-electron chi connectivity index (χ4n) is 1.87. The zero-order chi connectivity index (χ0) is 19.3. The van der Waals surface area contributed by atoms with Crippen LogP contribution >= 0.6 is 11.9 Å². The highest BCUT2D eigenvalue weighted by Crippen LogP contribution is 2.30. The Kier molecular flexibility index (Phi) is 6.98. The minimum atomic E-state index is -1.13. The fraction of sp³-hybridized carbons (Fsp3) is 0.529. The number of nitrogens with zero attached hydrogens (tertiary/aromatic N) is 1. The van der Waals surface area contributed by atoms with E-state index in [2.05, 4.69) is 9.90 Å². The second-order valence-corrected chi connectivity index (χ2v) is 8.47. The molecule has 7 nitrogen and oxygen atoms in total. The second-order valence-electron chi connectivity index (χ2n) is 7.08. The minimum absolute atomic E-state index is 0.339. The predicted molar refractivity (Wildman–Crippen MR) is 97.4 cm³/mol. The Morgan fingerprint density at radius 3 is 2.16 bits per heavy atom. The molecule has 1 rings (SSSR count). The van der Waals surface area contributed by atoms with Gasteiger partial charge in [-0.3, -0.25) is 0 Å². The van der Waals surface area contributed by atoms with Crippen molar-refractivity contribution in [1.29, 1.82) is 0 Å². The number of ether oxygens (including phenoxy) is 2. The minimum Gasteiger partial charge on any atom is -0.444 e. The Balaban J connectivity index is 2.96. The summed E-state index contributed by atoms with van der Waals surface area (Å²) < 4.78 is 12.3. The van der Waals surface area contributed by atoms with Crippen molar-refractivity contribution in [1.82, 2.24) is 5.32 Å². The topological polar surface area (TPSA) is 94.1 Å². The lowest BCUT2D eigenvalue weighted by atomic mass is 10.0. The van der Waals surface area contributed by atoms with E-state index in [1.54, 1.807) is 58.9 Å². The molecule has 0 aliphatic heterocycles. The molecule has 0 unspecified atom stereocenters. The van der Waals surface area contributed by atoms with Crippen LogP contribution in [-0.4, -0.2) is 28.5 Å². The Morgan fingerprint density at radius 1 is 1.12 bits per heavy atom. The zero-order valence-electron chi connectivity index (χ0n) is 15.3. The first kappa shape index (κ1) is 21.0. The number of nitrogens with one attached hydrogen (secondary N) is 1. The zero-order valence-corrected chi connectivity index (χ0v) is 16.1. The SMILES string of the molecule is Cc1ccc(OC(=O)[C@H](NC(=O)OC(C)(C)C)C(C)(C)SN=O)cc1. The first-order chi connectivity index (χ1) is 11.4. The first-order valence-corrected chi connectivity index (χ1v) is 8.50. The van der Waals surface area contributed by atoms with Crippen LogP contribution in [0, 0.1) is 11.8 Å². The molecule has 0 aromatic heterocycles. The van der Waals surface area contributed by atoms with E-state index in [0.29, 0.717) is 17.7 Å². The lowest BCUT2D eigenvalue weighted by Crippen LogP contribution is -2.54. The molecule has 0 fully saturated rings. The van der Waals surface area contributed by atoms with Crippen molar-refractivity contribution in [2.45, 2.75) is 57.9 Å². The summed E-state index contributed by atoms with van der Waals surface area (Å²) in [5, 5.41) is 2.47. The van der Waals surface area contributed by atoms with Crippen LogP contribution < -0.4 is 10.1 Å². The van der Waals surface area contributed by atoms with Gasteiger partial charge in [-0.15, -0.1) is 4.91 Å². The van der Waals surface area contributed by atoms with Crippen LogP contribution in [0.15, 0.2) is 28.8 Å². The summed E-state index contributed by atoms with van der Waals surface area (Å²) in [4.78, 5) is 35.3. The molecule has 0 radical (unpaired) electrons. The van der Waals surface area contributed by atoms with Gasteiger partial charge in [0, 0.05) is 16.5 Å². The Morgan fingerprint density at radius 2 is 1.68 bits per heavy atom. The van der Waals surface area contributed by atoms with E-state index in [0.717, 1.165) is 5.56 Å². The van der Waals surface area contributed by atoms with Crippen LogP contribution in [0.5, 0.6) is 5.75 Å². The molecule has 8 heteroatoms. The normalized spacial score (nSPS) is 12.9. The molecular formula is C17H24N2O5S. The van der Waals surface area contributed by atoms with Crippen LogP contribution in [0.4, 0.5) is 4.79 Å². The van der Waals surface area contributed by atoms with E-state index in [4.69, 9.17) is 9.47 Å². The van der Waals surface area contributed by atoms with Gasteiger partial charge in [0.25, 0.3) is 0 Å². The molecule has 1 aromatic rings. The van der Waals surface area contributed by atoms with E-state index in [9.17, 15) is 14.5 Å². The Labute approximate surface area is 151 Å². The summed E-state index contributed by atoms with van der Waals surface area (Å²) in [6.45, 7) is 10.3. The molecule has 1 amide bonds. The molecule has 1 aromatic carbocycles. The Hall–Kier alpha value is -2.09. The van der Waals surface area contributed by atoms with Gasteiger partial charge in [0.15, 0.2) is 0 Å². The Bertz CT molecular complexity index is 623. The van der Waals surface area contributed by atoms with Gasteiger partial charge in [-0.05, 0) is 53.7 Å². The van der Waals surface area contributed by atoms with E-state index in [-0.39, 0.29) is 0 Å². The molecule has 0 aliphatic rings. The average Bonchev–Trinajstić information content (AvgIpc) is 2.45. The number of aryl methyl sites for hydroxylation is 1. The molecule has 0 aliphatic carbocycles. The number of benzene rings is 1. The van der Waals surface area contributed by atoms with Crippen molar-refractivity contribution >= 4 is 24.0 Å². The second kappa shape index (κ2) is 8.33. The number of carbonyl (C=O) groups excluding carboxylic acids is 2. The summed E-state index contributed by atoms with van der Waals surface area (Å²) in [5.41, 5.74) is 0.291. The van der Waals surface area contributed by atoms with Crippen molar-refractivity contribution in [2.24, 2.45) is 4.58 Å². The maximum Gasteiger partial charge on any atom is 0.408 e. The molecule has 0 saturated carbocycles. The molecule has 0 bridgehead atoms. The van der Waals surface area contributed by atoms with E-state index in [1.807, 2.05) is 6.92 Å². The van der Waals surface area contributed by atoms with Gasteiger partial charge in [-0.2, -0.15) is 0 Å². The molecule has 138 valence electrons. The number of alkyl carbamates (subject to hydrolysis) is 1. The standard InChI is InChI=1S/C17H24N2O5S/c1-11-7-9-12(10-8-11)23-14(20)13(17(5,6)25-19-22)18-15(21)24-16(2,3)4/h7-10,13H,1-6H3,(H,18,21)/t13-/m0/s1. The molecule has 0 saturated heterocycles. The highest BCUT2D eigenvalue weighted by molar-refractivity contribution is 7.99. The van der Waals surface area contributed by atoms with Gasteiger partial charge >= 0.3 is 12.1 Å². The third kappa shape index (κ3) is 7.13. The largest absolute Gasteiger partial charge is 0.444 e. The van der Waals surface area contributed by atoms with Gasteiger partial charge < -0.3 is 14.8 Å². The molecule has 1 atom stereocenters. The third-order valence-electron chi connectivity index (χ3n) is 3.10. The van der Waals surface area contributed by atoms with Gasteiger partial charge in [-0.1, -0.05) is 17.7 Å². The number of amides is 1. The lowest BCUT2D eigenvalue weighted by molar-refractivity contribution is -0.137. The fourth-order valence-corrected chi connectivity index (χ4v) is 2.32. The summed E-state index contributed by atoms with van der Waals surface area (Å²) in [5.74, 6) is -0.373. The molecule has 0 heterocycles. The number of esters is 1. The third-order valence-corrected chi connectivity index (χ3v) is 3.88. The molecule has 25 heavy (non-hydrogen) atoms. The van der Waals surface area contributed by atoms with Crippen LogP contribution in [0.25, 0.3) is 0 Å². The van der Waals surface area contributed by atoms with Gasteiger partial charge in [0.2, 0.25) is 0 Å². The molecule has 0 spiro atoms. The monoisotopic (exact) mass is 368 g/mol. The number of hydrogen-bond donors (Lipinski definition) is 1. The van der Waals surface area contributed by atoms with Crippen LogP contribution in [0.1, 0.15) is 40.2 Å². The quantitative estimate of drug-likeness (QED) is 0.353. The lowest BCUT2D eigenvalue weighted by Gasteiger charge is -2.30. The maximum absolute atomic E-state index is 12.6. The van der Waals surface area contributed by atoms with Crippen LogP contribution in [0.2, 0.25) is 0 Å². The number of rotatable bonds is 6. The van der Waals surface area contributed by atoms with Crippen molar-refractivity contribution in [2.75, 3.05) is 0 Å². The average molecular weight is 368 g/mol. The number of nitroso groups, excluding NO2 is 1. The summed E-state index contributed by atoms with van der Waals surface area (Å²) in [7, 11) is 0. The van der Waals surface area contributed by atoms with Crippen molar-refractivity contribution in [3.8, 4) is 5.75 Å². The predicted octanol–water partition coefficient (Wildman–Crippen LogP) is 3.99. The summed E-state index contributed by atoms with van der Waals surface area (Å²) in [6, 6.07) is 5.76. The number of hydrogen-bond acceptors (Lipinski definition) is 7. The highest BCUT2D eigenvalue weighted by Gasteiger charge is 2.40. The van der Waals surface area contributed by atoms with Crippen molar-refractivity contribution < 1.29 is 19.1 Å². The van der Waals surface area contributed by atoms with Crippen molar-refractivity contribution in [3.05, 3.63) is 34.7 Å². The summed E-state index contributed by atoms with van der Waals surface area (Å²) in [6.07, 6.45) is -0.780. The van der Waals surface area contributed by atoms with Crippen LogP contribution in [-0.2, 0) is 9.53 Å². The van der Waals surface area contributed by atoms with Crippen molar-refractivity contribution in [3.63, 3.8) is 0 Å². The molecule has 1 N–H and O–H groups in total. The summed E-state index contributed by atoms with van der Waals surface area (Å²) >= 11 is 0.641. The smallest absolute Gasteiger partial charge is 0.408 e. The first-order valence-electron chi connectivity index (χ1n) is 7.73. The van der Waals surface area contributed by atoms with E-state index >= 15 is 0 Å².